The molecule has 1 amide bonds. The molecule has 23 heavy (non-hydrogen) atoms. The minimum atomic E-state index is -0.484. The van der Waals surface area contributed by atoms with Crippen LogP contribution in [0.3, 0.4) is 0 Å². The molecule has 0 aliphatic rings. The lowest BCUT2D eigenvalue weighted by Crippen LogP contribution is -2.13. The lowest BCUT2D eigenvalue weighted by atomic mass is 10.1. The molecule has 3 rings (SSSR count). The van der Waals surface area contributed by atoms with Crippen LogP contribution in [0.15, 0.2) is 59.3 Å². The van der Waals surface area contributed by atoms with E-state index in [1.54, 1.807) is 37.4 Å². The molecule has 116 valence electrons. The lowest BCUT2D eigenvalue weighted by molar-refractivity contribution is 0.102. The zero-order chi connectivity index (χ0) is 16.2. The summed E-state index contributed by atoms with van der Waals surface area (Å²) in [6, 6.07) is 12.7. The number of rotatable bonds is 4. The number of carbonyl (C=O) groups is 1. The van der Waals surface area contributed by atoms with E-state index in [1.807, 2.05) is 0 Å². The van der Waals surface area contributed by atoms with Crippen molar-refractivity contribution >= 4 is 11.6 Å². The summed E-state index contributed by atoms with van der Waals surface area (Å²) in [6.07, 6.45) is 1.19. The van der Waals surface area contributed by atoms with Gasteiger partial charge in [0.25, 0.3) is 5.91 Å². The number of hydrogen-bond donors (Lipinski definition) is 1. The molecule has 0 fully saturated rings. The highest BCUT2D eigenvalue weighted by atomic mass is 19.1. The number of methoxy groups -OCH3 is 1. The number of carbonyl (C=O) groups excluding carboxylic acids is 1. The topological polar surface area (TPSA) is 64.4 Å². The van der Waals surface area contributed by atoms with Gasteiger partial charge in [0.15, 0.2) is 17.8 Å². The summed E-state index contributed by atoms with van der Waals surface area (Å²) in [5, 5.41) is 2.59. The number of hydrogen-bond acceptors (Lipinski definition) is 4. The van der Waals surface area contributed by atoms with E-state index in [2.05, 4.69) is 10.3 Å². The van der Waals surface area contributed by atoms with E-state index in [4.69, 9.17) is 9.15 Å². The Labute approximate surface area is 131 Å². The van der Waals surface area contributed by atoms with Crippen molar-refractivity contribution in [2.75, 3.05) is 12.4 Å². The molecule has 0 bridgehead atoms. The molecule has 5 nitrogen and oxygen atoms in total. The number of nitrogens with zero attached hydrogens (tertiary/aromatic N) is 1. The summed E-state index contributed by atoms with van der Waals surface area (Å²) in [4.78, 5) is 16.3. The second-order valence-electron chi connectivity index (χ2n) is 4.73. The Bertz CT molecular complexity index is 845. The Morgan fingerprint density at radius 2 is 2.04 bits per heavy atom. The van der Waals surface area contributed by atoms with Crippen molar-refractivity contribution in [3.8, 4) is 17.1 Å². The van der Waals surface area contributed by atoms with Crippen LogP contribution in [0, 0.1) is 5.82 Å². The fourth-order valence-corrected chi connectivity index (χ4v) is 2.13. The van der Waals surface area contributed by atoms with Crippen molar-refractivity contribution in [1.29, 1.82) is 0 Å². The maximum Gasteiger partial charge on any atom is 0.278 e. The highest BCUT2D eigenvalue weighted by molar-refractivity contribution is 6.06. The highest BCUT2D eigenvalue weighted by Crippen LogP contribution is 2.27. The summed E-state index contributed by atoms with van der Waals surface area (Å²) in [6.45, 7) is 0. The Hall–Kier alpha value is -3.15. The number of ether oxygens (including phenoxy) is 1. The van der Waals surface area contributed by atoms with Gasteiger partial charge in [0.2, 0.25) is 0 Å². The molecule has 0 radical (unpaired) electrons. The van der Waals surface area contributed by atoms with E-state index in [1.165, 1.54) is 24.6 Å². The SMILES string of the molecule is COc1cccc(-c2ocnc2C(=O)Nc2cccc(F)c2)c1. The van der Waals surface area contributed by atoms with E-state index < -0.39 is 11.7 Å². The van der Waals surface area contributed by atoms with Crippen LogP contribution in [0.5, 0.6) is 5.75 Å². The second kappa shape index (κ2) is 6.31. The second-order valence-corrected chi connectivity index (χ2v) is 4.73. The maximum absolute atomic E-state index is 13.2. The van der Waals surface area contributed by atoms with Gasteiger partial charge in [-0.1, -0.05) is 18.2 Å². The van der Waals surface area contributed by atoms with Crippen LogP contribution in [0.2, 0.25) is 0 Å². The first-order valence-corrected chi connectivity index (χ1v) is 6.82. The van der Waals surface area contributed by atoms with Crippen molar-refractivity contribution in [3.63, 3.8) is 0 Å². The Morgan fingerprint density at radius 1 is 1.22 bits per heavy atom. The molecule has 0 saturated carbocycles. The zero-order valence-corrected chi connectivity index (χ0v) is 12.2. The standard InChI is InChI=1S/C17H13FN2O3/c1-22-14-7-2-4-11(8-14)16-15(19-10-23-16)17(21)20-13-6-3-5-12(18)9-13/h2-10H,1H3,(H,20,21). The summed E-state index contributed by atoms with van der Waals surface area (Å²) >= 11 is 0. The fourth-order valence-electron chi connectivity index (χ4n) is 2.13. The number of nitrogens with one attached hydrogen (secondary N) is 1. The molecule has 0 aliphatic carbocycles. The van der Waals surface area contributed by atoms with Gasteiger partial charge in [0.1, 0.15) is 11.6 Å². The van der Waals surface area contributed by atoms with Gasteiger partial charge in [-0.15, -0.1) is 0 Å². The molecule has 1 N–H and O–H groups in total. The molecule has 1 aromatic heterocycles. The first kappa shape index (κ1) is 14.8. The quantitative estimate of drug-likeness (QED) is 0.797. The average Bonchev–Trinajstić information content (AvgIpc) is 3.05. The van der Waals surface area contributed by atoms with Crippen LogP contribution in [0.4, 0.5) is 10.1 Å². The molecule has 0 spiro atoms. The Kier molecular flexibility index (Phi) is 4.05. The molecule has 3 aromatic rings. The number of oxazole rings is 1. The first-order valence-electron chi connectivity index (χ1n) is 6.82. The van der Waals surface area contributed by atoms with Crippen molar-refractivity contribution in [1.82, 2.24) is 4.98 Å². The smallest absolute Gasteiger partial charge is 0.278 e. The van der Waals surface area contributed by atoms with Crippen molar-refractivity contribution in [2.45, 2.75) is 0 Å². The molecular weight excluding hydrogens is 299 g/mol. The van der Waals surface area contributed by atoms with Gasteiger partial charge < -0.3 is 14.5 Å². The maximum atomic E-state index is 13.2. The predicted molar refractivity (Wildman–Crippen MR) is 82.8 cm³/mol. The van der Waals surface area contributed by atoms with Crippen molar-refractivity contribution in [3.05, 3.63) is 66.4 Å². The Morgan fingerprint density at radius 3 is 2.83 bits per heavy atom. The normalized spacial score (nSPS) is 10.3. The molecule has 2 aromatic carbocycles. The summed E-state index contributed by atoms with van der Waals surface area (Å²) in [5.74, 6) is 0.0336. The number of aromatic nitrogens is 1. The van der Waals surface area contributed by atoms with Crippen LogP contribution >= 0.6 is 0 Å². The van der Waals surface area contributed by atoms with Gasteiger partial charge in [-0.2, -0.15) is 0 Å². The van der Waals surface area contributed by atoms with Crippen LogP contribution in [0.1, 0.15) is 10.5 Å². The van der Waals surface area contributed by atoms with Gasteiger partial charge in [-0.25, -0.2) is 9.37 Å². The minimum Gasteiger partial charge on any atom is -0.497 e. The minimum absolute atomic E-state index is 0.113. The van der Waals surface area contributed by atoms with Gasteiger partial charge in [-0.3, -0.25) is 4.79 Å². The van der Waals surface area contributed by atoms with Gasteiger partial charge in [0.05, 0.1) is 7.11 Å². The summed E-state index contributed by atoms with van der Waals surface area (Å²) < 4.78 is 23.7. The van der Waals surface area contributed by atoms with Crippen LogP contribution in [0.25, 0.3) is 11.3 Å². The van der Waals surface area contributed by atoms with Crippen molar-refractivity contribution < 1.29 is 18.3 Å². The van der Waals surface area contributed by atoms with Crippen molar-refractivity contribution in [2.24, 2.45) is 0 Å². The van der Waals surface area contributed by atoms with Crippen LogP contribution < -0.4 is 10.1 Å². The monoisotopic (exact) mass is 312 g/mol. The average molecular weight is 312 g/mol. The molecule has 0 unspecified atom stereocenters. The van der Waals surface area contributed by atoms with E-state index in [9.17, 15) is 9.18 Å². The molecule has 0 aliphatic heterocycles. The third kappa shape index (κ3) is 3.21. The van der Waals surface area contributed by atoms with E-state index in [-0.39, 0.29) is 5.69 Å². The summed E-state index contributed by atoms with van der Waals surface area (Å²) in [7, 11) is 1.55. The fraction of sp³-hybridized carbons (Fsp3) is 0.0588. The van der Waals surface area contributed by atoms with Gasteiger partial charge >= 0.3 is 0 Å². The Balaban J connectivity index is 1.89. The predicted octanol–water partition coefficient (Wildman–Crippen LogP) is 3.74. The first-order chi connectivity index (χ1) is 11.2. The third-order valence-corrected chi connectivity index (χ3v) is 3.20. The van der Waals surface area contributed by atoms with E-state index in [0.29, 0.717) is 22.8 Å². The van der Waals surface area contributed by atoms with Gasteiger partial charge in [0, 0.05) is 11.3 Å². The lowest BCUT2D eigenvalue weighted by Gasteiger charge is -2.06. The molecular formula is C17H13FN2O3. The van der Waals surface area contributed by atoms with Crippen LogP contribution in [-0.2, 0) is 0 Å². The number of benzene rings is 2. The zero-order valence-electron chi connectivity index (χ0n) is 12.2. The number of anilines is 1. The molecule has 0 atom stereocenters. The van der Waals surface area contributed by atoms with E-state index >= 15 is 0 Å². The highest BCUT2D eigenvalue weighted by Gasteiger charge is 2.19. The van der Waals surface area contributed by atoms with Gasteiger partial charge in [-0.05, 0) is 30.3 Å². The number of amides is 1. The largest absolute Gasteiger partial charge is 0.497 e. The third-order valence-electron chi connectivity index (χ3n) is 3.20. The van der Waals surface area contributed by atoms with Crippen LogP contribution in [-0.4, -0.2) is 18.0 Å². The molecule has 0 saturated heterocycles. The molecule has 6 heteroatoms. The van der Waals surface area contributed by atoms with E-state index in [0.717, 1.165) is 0 Å². The summed E-state index contributed by atoms with van der Waals surface area (Å²) in [5.41, 5.74) is 1.11. The number of halogens is 1. The molecule has 1 heterocycles.